The molecule has 0 spiro atoms. The summed E-state index contributed by atoms with van der Waals surface area (Å²) in [6.45, 7) is 3.51. The number of aromatic nitrogens is 1. The largest absolute Gasteiger partial charge is 0.465 e. The number of ether oxygens (including phenoxy) is 1. The lowest BCUT2D eigenvalue weighted by molar-refractivity contribution is 0.0600. The molecule has 0 atom stereocenters. The van der Waals surface area contributed by atoms with E-state index in [1.54, 1.807) is 38.1 Å². The van der Waals surface area contributed by atoms with E-state index in [0.717, 1.165) is 0 Å². The van der Waals surface area contributed by atoms with E-state index in [4.69, 9.17) is 4.52 Å². The molecule has 2 aromatic rings. The summed E-state index contributed by atoms with van der Waals surface area (Å²) in [5, 5.41) is 6.39. The highest BCUT2D eigenvalue weighted by molar-refractivity contribution is 6.04. The molecule has 1 aromatic carbocycles. The molecule has 0 aliphatic heterocycles. The van der Waals surface area contributed by atoms with E-state index < -0.39 is 5.97 Å². The topological polar surface area (TPSA) is 81.4 Å². The van der Waals surface area contributed by atoms with Gasteiger partial charge in [0, 0.05) is 11.3 Å². The van der Waals surface area contributed by atoms with E-state index in [0.29, 0.717) is 22.6 Å². The number of rotatable bonds is 3. The van der Waals surface area contributed by atoms with Crippen LogP contribution in [0.15, 0.2) is 28.8 Å². The lowest BCUT2D eigenvalue weighted by Gasteiger charge is -2.04. The number of esters is 1. The number of benzene rings is 1. The van der Waals surface area contributed by atoms with E-state index in [-0.39, 0.29) is 11.6 Å². The van der Waals surface area contributed by atoms with Gasteiger partial charge in [-0.1, -0.05) is 5.16 Å². The molecule has 104 valence electrons. The summed E-state index contributed by atoms with van der Waals surface area (Å²) in [5.41, 5.74) is 1.93. The number of hydrogen-bond donors (Lipinski definition) is 1. The van der Waals surface area contributed by atoms with E-state index in [1.165, 1.54) is 7.11 Å². The van der Waals surface area contributed by atoms with Crippen LogP contribution in [-0.4, -0.2) is 24.1 Å². The molecule has 2 rings (SSSR count). The predicted molar refractivity (Wildman–Crippen MR) is 71.7 cm³/mol. The standard InChI is InChI=1S/C14H14N2O4/c1-8-9(2)20-16-12(8)13(17)15-11-6-4-10(5-7-11)14(18)19-3/h4-7H,1-3H3,(H,15,17). The first-order valence-electron chi connectivity index (χ1n) is 5.95. The number of carbonyl (C=O) groups is 2. The summed E-state index contributed by atoms with van der Waals surface area (Å²) in [6, 6.07) is 6.38. The maximum Gasteiger partial charge on any atom is 0.337 e. The molecule has 1 amide bonds. The smallest absolute Gasteiger partial charge is 0.337 e. The number of amides is 1. The SMILES string of the molecule is COC(=O)c1ccc(NC(=O)c2noc(C)c2C)cc1. The number of hydrogen-bond acceptors (Lipinski definition) is 5. The number of nitrogens with one attached hydrogen (secondary N) is 1. The molecule has 0 saturated carbocycles. The minimum Gasteiger partial charge on any atom is -0.465 e. The van der Waals surface area contributed by atoms with Crippen molar-refractivity contribution >= 4 is 17.6 Å². The maximum absolute atomic E-state index is 12.0. The second-order valence-electron chi connectivity index (χ2n) is 4.24. The Morgan fingerprint density at radius 1 is 1.20 bits per heavy atom. The van der Waals surface area contributed by atoms with Crippen molar-refractivity contribution in [1.82, 2.24) is 5.16 Å². The van der Waals surface area contributed by atoms with Crippen LogP contribution in [0.1, 0.15) is 32.2 Å². The fraction of sp³-hybridized carbons (Fsp3) is 0.214. The second-order valence-corrected chi connectivity index (χ2v) is 4.24. The molecule has 6 heteroatoms. The van der Waals surface area contributed by atoms with E-state index in [9.17, 15) is 9.59 Å². The molecule has 0 bridgehead atoms. The van der Waals surface area contributed by atoms with Crippen molar-refractivity contribution in [3.8, 4) is 0 Å². The van der Waals surface area contributed by atoms with Gasteiger partial charge in [0.15, 0.2) is 5.69 Å². The summed E-state index contributed by atoms with van der Waals surface area (Å²) < 4.78 is 9.54. The first-order chi connectivity index (χ1) is 9.52. The van der Waals surface area contributed by atoms with Crippen LogP contribution < -0.4 is 5.32 Å². The monoisotopic (exact) mass is 274 g/mol. The molecular weight excluding hydrogens is 260 g/mol. The lowest BCUT2D eigenvalue weighted by Crippen LogP contribution is -2.13. The number of carbonyl (C=O) groups excluding carboxylic acids is 2. The molecule has 0 saturated heterocycles. The number of anilines is 1. The summed E-state index contributed by atoms with van der Waals surface area (Å²) in [5.74, 6) is -0.174. The lowest BCUT2D eigenvalue weighted by atomic mass is 10.2. The van der Waals surface area contributed by atoms with Crippen molar-refractivity contribution < 1.29 is 18.8 Å². The highest BCUT2D eigenvalue weighted by atomic mass is 16.5. The number of methoxy groups -OCH3 is 1. The zero-order valence-electron chi connectivity index (χ0n) is 11.4. The van der Waals surface area contributed by atoms with Gasteiger partial charge >= 0.3 is 5.97 Å². The molecule has 0 fully saturated rings. The van der Waals surface area contributed by atoms with Gasteiger partial charge in [-0.05, 0) is 38.1 Å². The van der Waals surface area contributed by atoms with Gasteiger partial charge in [0.25, 0.3) is 5.91 Å². The van der Waals surface area contributed by atoms with Crippen molar-refractivity contribution in [3.63, 3.8) is 0 Å². The third kappa shape index (κ3) is 2.69. The summed E-state index contributed by atoms with van der Waals surface area (Å²) in [6.07, 6.45) is 0. The number of nitrogens with zero attached hydrogens (tertiary/aromatic N) is 1. The molecule has 0 aliphatic rings. The molecule has 0 unspecified atom stereocenters. The fourth-order valence-corrected chi connectivity index (χ4v) is 1.63. The number of aryl methyl sites for hydroxylation is 1. The zero-order chi connectivity index (χ0) is 14.7. The average Bonchev–Trinajstić information content (AvgIpc) is 2.79. The van der Waals surface area contributed by atoms with Crippen LogP contribution in [0, 0.1) is 13.8 Å². The van der Waals surface area contributed by atoms with Gasteiger partial charge in [0.2, 0.25) is 0 Å². The van der Waals surface area contributed by atoms with E-state index >= 15 is 0 Å². The van der Waals surface area contributed by atoms with Gasteiger partial charge in [-0.25, -0.2) is 4.79 Å². The average molecular weight is 274 g/mol. The third-order valence-corrected chi connectivity index (χ3v) is 2.94. The Hall–Kier alpha value is -2.63. The van der Waals surface area contributed by atoms with Crippen molar-refractivity contribution in [3.05, 3.63) is 46.8 Å². The van der Waals surface area contributed by atoms with Crippen molar-refractivity contribution in [2.75, 3.05) is 12.4 Å². The Kier molecular flexibility index (Phi) is 3.84. The first-order valence-corrected chi connectivity index (χ1v) is 5.95. The summed E-state index contributed by atoms with van der Waals surface area (Å²) in [7, 11) is 1.31. The van der Waals surface area contributed by atoms with Gasteiger partial charge in [-0.15, -0.1) is 0 Å². The third-order valence-electron chi connectivity index (χ3n) is 2.94. The minimum atomic E-state index is -0.425. The van der Waals surface area contributed by atoms with Gasteiger partial charge in [-0.3, -0.25) is 4.79 Å². The molecule has 6 nitrogen and oxygen atoms in total. The second kappa shape index (κ2) is 5.56. The van der Waals surface area contributed by atoms with Crippen LogP contribution in [0.5, 0.6) is 0 Å². The van der Waals surface area contributed by atoms with Crippen LogP contribution in [-0.2, 0) is 4.74 Å². The van der Waals surface area contributed by atoms with Crippen LogP contribution >= 0.6 is 0 Å². The molecular formula is C14H14N2O4. The van der Waals surface area contributed by atoms with Crippen molar-refractivity contribution in [1.29, 1.82) is 0 Å². The van der Waals surface area contributed by atoms with Gasteiger partial charge in [0.05, 0.1) is 12.7 Å². The van der Waals surface area contributed by atoms with Gasteiger partial charge < -0.3 is 14.6 Å². The summed E-state index contributed by atoms with van der Waals surface area (Å²) in [4.78, 5) is 23.3. The van der Waals surface area contributed by atoms with Crippen LogP contribution in [0.4, 0.5) is 5.69 Å². The quantitative estimate of drug-likeness (QED) is 0.869. The van der Waals surface area contributed by atoms with Crippen LogP contribution in [0.25, 0.3) is 0 Å². The molecule has 0 aliphatic carbocycles. The normalized spacial score (nSPS) is 10.2. The Morgan fingerprint density at radius 2 is 1.85 bits per heavy atom. The zero-order valence-corrected chi connectivity index (χ0v) is 11.4. The Morgan fingerprint density at radius 3 is 2.35 bits per heavy atom. The van der Waals surface area contributed by atoms with Gasteiger partial charge in [0.1, 0.15) is 5.76 Å². The Labute approximate surface area is 115 Å². The van der Waals surface area contributed by atoms with Crippen LogP contribution in [0.3, 0.4) is 0 Å². The minimum absolute atomic E-state index is 0.250. The van der Waals surface area contributed by atoms with E-state index in [2.05, 4.69) is 15.2 Å². The molecule has 20 heavy (non-hydrogen) atoms. The van der Waals surface area contributed by atoms with E-state index in [1.807, 2.05) is 0 Å². The molecule has 1 aromatic heterocycles. The highest BCUT2D eigenvalue weighted by Crippen LogP contribution is 2.15. The highest BCUT2D eigenvalue weighted by Gasteiger charge is 2.16. The fourth-order valence-electron chi connectivity index (χ4n) is 1.63. The molecule has 0 radical (unpaired) electrons. The van der Waals surface area contributed by atoms with Crippen LogP contribution in [0.2, 0.25) is 0 Å². The maximum atomic E-state index is 12.0. The molecule has 1 heterocycles. The summed E-state index contributed by atoms with van der Waals surface area (Å²) >= 11 is 0. The van der Waals surface area contributed by atoms with Gasteiger partial charge in [-0.2, -0.15) is 0 Å². The van der Waals surface area contributed by atoms with Crippen molar-refractivity contribution in [2.24, 2.45) is 0 Å². The Bertz CT molecular complexity index is 644. The molecule has 1 N–H and O–H groups in total. The first kappa shape index (κ1) is 13.8. The Balaban J connectivity index is 2.12. The van der Waals surface area contributed by atoms with Crippen molar-refractivity contribution in [2.45, 2.75) is 13.8 Å². The predicted octanol–water partition coefficient (Wildman–Crippen LogP) is 2.33.